The van der Waals surface area contributed by atoms with Crippen molar-refractivity contribution in [2.45, 2.75) is 32.9 Å². The van der Waals surface area contributed by atoms with Crippen LogP contribution in [0.5, 0.6) is 5.75 Å². The number of carbonyl (C=O) groups is 2. The van der Waals surface area contributed by atoms with Crippen molar-refractivity contribution in [2.75, 3.05) is 11.9 Å². The number of benzene rings is 2. The minimum Gasteiger partial charge on any atom is -0.483 e. The Hall–Kier alpha value is -2.44. The van der Waals surface area contributed by atoms with Crippen LogP contribution in [0.25, 0.3) is 0 Å². The SMILES string of the molecule is CC(C)(C)NC(=O)COc1ccc(Cl)cc1CNc1cc(C(=O)O)ccc1Cl. The number of rotatable bonds is 7. The van der Waals surface area contributed by atoms with Gasteiger partial charge in [0.15, 0.2) is 6.61 Å². The van der Waals surface area contributed by atoms with Crippen LogP contribution in [0.4, 0.5) is 5.69 Å². The Balaban J connectivity index is 2.11. The highest BCUT2D eigenvalue weighted by atomic mass is 35.5. The molecule has 150 valence electrons. The van der Waals surface area contributed by atoms with Gasteiger partial charge in [-0.3, -0.25) is 4.79 Å². The summed E-state index contributed by atoms with van der Waals surface area (Å²) in [5, 5.41) is 15.9. The molecule has 0 unspecified atom stereocenters. The van der Waals surface area contributed by atoms with E-state index in [1.165, 1.54) is 18.2 Å². The molecule has 2 aromatic rings. The lowest BCUT2D eigenvalue weighted by atomic mass is 10.1. The molecule has 0 aromatic heterocycles. The Bertz CT molecular complexity index is 879. The second-order valence-corrected chi connectivity index (χ2v) is 8.04. The first-order valence-electron chi connectivity index (χ1n) is 8.54. The minimum absolute atomic E-state index is 0.119. The van der Waals surface area contributed by atoms with Gasteiger partial charge < -0.3 is 20.5 Å². The Labute approximate surface area is 173 Å². The van der Waals surface area contributed by atoms with Crippen molar-refractivity contribution in [3.63, 3.8) is 0 Å². The van der Waals surface area contributed by atoms with E-state index < -0.39 is 5.97 Å². The highest BCUT2D eigenvalue weighted by Gasteiger charge is 2.15. The Morgan fingerprint density at radius 1 is 1.11 bits per heavy atom. The van der Waals surface area contributed by atoms with Crippen LogP contribution in [0.15, 0.2) is 36.4 Å². The van der Waals surface area contributed by atoms with Crippen molar-refractivity contribution in [1.29, 1.82) is 0 Å². The van der Waals surface area contributed by atoms with Gasteiger partial charge >= 0.3 is 5.97 Å². The molecule has 0 bridgehead atoms. The summed E-state index contributed by atoms with van der Waals surface area (Å²) in [7, 11) is 0. The first kappa shape index (κ1) is 21.9. The molecule has 0 aliphatic heterocycles. The predicted molar refractivity (Wildman–Crippen MR) is 111 cm³/mol. The van der Waals surface area contributed by atoms with Gasteiger partial charge in [-0.1, -0.05) is 23.2 Å². The van der Waals surface area contributed by atoms with Crippen molar-refractivity contribution in [1.82, 2.24) is 5.32 Å². The molecular formula is C20H22Cl2N2O4. The van der Waals surface area contributed by atoms with Crippen LogP contribution in [0.1, 0.15) is 36.7 Å². The first-order valence-corrected chi connectivity index (χ1v) is 9.30. The molecule has 8 heteroatoms. The van der Waals surface area contributed by atoms with Gasteiger partial charge in [0.25, 0.3) is 5.91 Å². The summed E-state index contributed by atoms with van der Waals surface area (Å²) in [6, 6.07) is 9.45. The van der Waals surface area contributed by atoms with Crippen LogP contribution in [0, 0.1) is 0 Å². The standard InChI is InChI=1S/C20H22Cl2N2O4/c1-20(2,3)24-18(25)11-28-17-7-5-14(21)8-13(17)10-23-16-9-12(19(26)27)4-6-15(16)22/h4-9,23H,10-11H2,1-3H3,(H,24,25)(H,26,27). The molecule has 0 spiro atoms. The molecule has 2 aromatic carbocycles. The summed E-state index contributed by atoms with van der Waals surface area (Å²) in [4.78, 5) is 23.1. The highest BCUT2D eigenvalue weighted by Crippen LogP contribution is 2.27. The monoisotopic (exact) mass is 424 g/mol. The number of ether oxygens (including phenoxy) is 1. The minimum atomic E-state index is -1.05. The van der Waals surface area contributed by atoms with Gasteiger partial charge in [-0.2, -0.15) is 0 Å². The van der Waals surface area contributed by atoms with Crippen molar-refractivity contribution >= 4 is 40.8 Å². The number of aromatic carboxylic acids is 1. The maximum atomic E-state index is 12.0. The topological polar surface area (TPSA) is 87.7 Å². The molecule has 0 aliphatic carbocycles. The molecular weight excluding hydrogens is 403 g/mol. The number of hydrogen-bond donors (Lipinski definition) is 3. The van der Waals surface area contributed by atoms with Crippen LogP contribution in [-0.2, 0) is 11.3 Å². The number of hydrogen-bond acceptors (Lipinski definition) is 4. The molecule has 0 saturated heterocycles. The fourth-order valence-electron chi connectivity index (χ4n) is 2.41. The van der Waals surface area contributed by atoms with E-state index in [1.54, 1.807) is 18.2 Å². The summed E-state index contributed by atoms with van der Waals surface area (Å²) in [6.45, 7) is 5.80. The molecule has 2 rings (SSSR count). The van der Waals surface area contributed by atoms with Crippen LogP contribution >= 0.6 is 23.2 Å². The summed E-state index contributed by atoms with van der Waals surface area (Å²) in [6.07, 6.45) is 0. The lowest BCUT2D eigenvalue weighted by Gasteiger charge is -2.21. The van der Waals surface area contributed by atoms with Crippen molar-refractivity contribution in [3.05, 3.63) is 57.6 Å². The van der Waals surface area contributed by atoms with E-state index in [2.05, 4.69) is 10.6 Å². The van der Waals surface area contributed by atoms with Crippen LogP contribution in [-0.4, -0.2) is 29.1 Å². The van der Waals surface area contributed by atoms with Gasteiger partial charge in [-0.25, -0.2) is 4.79 Å². The van der Waals surface area contributed by atoms with Crippen LogP contribution in [0.2, 0.25) is 10.0 Å². The molecule has 28 heavy (non-hydrogen) atoms. The summed E-state index contributed by atoms with van der Waals surface area (Å²) >= 11 is 12.2. The van der Waals surface area contributed by atoms with Crippen molar-refractivity contribution in [2.24, 2.45) is 0 Å². The van der Waals surface area contributed by atoms with E-state index in [9.17, 15) is 9.59 Å². The molecule has 0 radical (unpaired) electrons. The van der Waals surface area contributed by atoms with Gasteiger partial charge in [-0.05, 0) is 57.2 Å². The number of amides is 1. The smallest absolute Gasteiger partial charge is 0.335 e. The second kappa shape index (κ2) is 9.17. The number of carboxylic acid groups (broad SMARTS) is 1. The van der Waals surface area contributed by atoms with E-state index >= 15 is 0 Å². The highest BCUT2D eigenvalue weighted by molar-refractivity contribution is 6.33. The molecule has 0 atom stereocenters. The number of anilines is 1. The maximum Gasteiger partial charge on any atom is 0.335 e. The van der Waals surface area contributed by atoms with Gasteiger partial charge in [0.2, 0.25) is 0 Å². The van der Waals surface area contributed by atoms with Gasteiger partial charge in [0.05, 0.1) is 16.3 Å². The largest absolute Gasteiger partial charge is 0.483 e. The fraction of sp³-hybridized carbons (Fsp3) is 0.300. The third kappa shape index (κ3) is 6.62. The number of nitrogens with one attached hydrogen (secondary N) is 2. The summed E-state index contributed by atoms with van der Waals surface area (Å²) in [5.41, 5.74) is 0.940. The molecule has 0 aliphatic rings. The van der Waals surface area contributed by atoms with E-state index in [-0.39, 0.29) is 30.2 Å². The molecule has 3 N–H and O–H groups in total. The zero-order valence-electron chi connectivity index (χ0n) is 15.8. The van der Waals surface area contributed by atoms with E-state index in [0.29, 0.717) is 27.0 Å². The Kier molecular flexibility index (Phi) is 7.16. The normalized spacial score (nSPS) is 11.0. The molecule has 0 heterocycles. The van der Waals surface area contributed by atoms with Gasteiger partial charge in [-0.15, -0.1) is 0 Å². The quantitative estimate of drug-likeness (QED) is 0.604. The Morgan fingerprint density at radius 3 is 2.46 bits per heavy atom. The molecule has 0 fully saturated rings. The first-order chi connectivity index (χ1) is 13.0. The Morgan fingerprint density at radius 2 is 1.82 bits per heavy atom. The van der Waals surface area contributed by atoms with Crippen molar-refractivity contribution in [3.8, 4) is 5.75 Å². The lowest BCUT2D eigenvalue weighted by Crippen LogP contribution is -2.43. The number of carboxylic acids is 1. The third-order valence-electron chi connectivity index (χ3n) is 3.58. The number of halogens is 2. The molecule has 0 saturated carbocycles. The van der Waals surface area contributed by atoms with Gasteiger partial charge in [0.1, 0.15) is 5.75 Å². The summed E-state index contributed by atoms with van der Waals surface area (Å²) < 4.78 is 5.64. The van der Waals surface area contributed by atoms with Crippen LogP contribution < -0.4 is 15.4 Å². The summed E-state index contributed by atoms with van der Waals surface area (Å²) in [5.74, 6) is -0.790. The molecule has 6 nitrogen and oxygen atoms in total. The number of carbonyl (C=O) groups excluding carboxylic acids is 1. The second-order valence-electron chi connectivity index (χ2n) is 7.19. The average Bonchev–Trinajstić information content (AvgIpc) is 2.58. The van der Waals surface area contributed by atoms with E-state index in [1.807, 2.05) is 20.8 Å². The lowest BCUT2D eigenvalue weighted by molar-refractivity contribution is -0.124. The maximum absolute atomic E-state index is 12.0. The van der Waals surface area contributed by atoms with E-state index in [4.69, 9.17) is 33.0 Å². The predicted octanol–water partition coefficient (Wildman–Crippen LogP) is 4.60. The zero-order valence-corrected chi connectivity index (χ0v) is 17.3. The average molecular weight is 425 g/mol. The van der Waals surface area contributed by atoms with Crippen LogP contribution in [0.3, 0.4) is 0 Å². The third-order valence-corrected chi connectivity index (χ3v) is 4.14. The van der Waals surface area contributed by atoms with Gasteiger partial charge in [0, 0.05) is 22.7 Å². The fourth-order valence-corrected chi connectivity index (χ4v) is 2.79. The van der Waals surface area contributed by atoms with Crippen molar-refractivity contribution < 1.29 is 19.4 Å². The molecule has 1 amide bonds. The van der Waals surface area contributed by atoms with E-state index in [0.717, 1.165) is 0 Å². The zero-order chi connectivity index (χ0) is 20.9.